The first-order chi connectivity index (χ1) is 18.0. The number of carbonyl (C=O) groups is 3. The normalized spacial score (nSPS) is 24.3. The highest BCUT2D eigenvalue weighted by Gasteiger charge is 2.55. The molecule has 5 rings (SSSR count). The third-order valence-electron chi connectivity index (χ3n) is 7.87. The molecule has 0 saturated heterocycles. The van der Waals surface area contributed by atoms with Gasteiger partial charge >= 0.3 is 11.9 Å². The third-order valence-corrected chi connectivity index (χ3v) is 7.87. The van der Waals surface area contributed by atoms with Crippen molar-refractivity contribution in [1.29, 1.82) is 5.26 Å². The zero-order valence-electron chi connectivity index (χ0n) is 21.8. The molecule has 0 spiro atoms. The van der Waals surface area contributed by atoms with Gasteiger partial charge in [-0.3, -0.25) is 9.59 Å². The molecule has 1 unspecified atom stereocenters. The fourth-order valence-electron chi connectivity index (χ4n) is 6.18. The SMILES string of the molecule is CC(C)(C)OC(=O)C1[C@@H]2CC[C@@H](C2)[C@H]1C(=O)N[C@H](C#N)Cc1ccc(-c2ccc3c(c2)C(=O)OC3)cc1F. The number of halogens is 1. The molecule has 2 aromatic rings. The molecular formula is C30H31FN2O5. The number of cyclic esters (lactones) is 1. The van der Waals surface area contributed by atoms with E-state index in [9.17, 15) is 19.6 Å². The number of carbonyl (C=O) groups excluding carboxylic acids is 3. The van der Waals surface area contributed by atoms with E-state index in [1.165, 1.54) is 6.07 Å². The van der Waals surface area contributed by atoms with Crippen LogP contribution in [0, 0.1) is 40.8 Å². The molecule has 1 heterocycles. The van der Waals surface area contributed by atoms with Crippen molar-refractivity contribution in [2.24, 2.45) is 23.7 Å². The van der Waals surface area contributed by atoms with Crippen LogP contribution < -0.4 is 5.32 Å². The van der Waals surface area contributed by atoms with Gasteiger partial charge in [-0.15, -0.1) is 0 Å². The smallest absolute Gasteiger partial charge is 0.338 e. The maximum atomic E-state index is 15.1. The summed E-state index contributed by atoms with van der Waals surface area (Å²) in [5.41, 5.74) is 2.19. The van der Waals surface area contributed by atoms with Crippen molar-refractivity contribution >= 4 is 17.8 Å². The molecule has 0 radical (unpaired) electrons. The van der Waals surface area contributed by atoms with Crippen LogP contribution in [-0.4, -0.2) is 29.5 Å². The summed E-state index contributed by atoms with van der Waals surface area (Å²) in [5, 5.41) is 12.5. The minimum atomic E-state index is -0.948. The van der Waals surface area contributed by atoms with Crippen molar-refractivity contribution in [3.05, 3.63) is 58.9 Å². The Labute approximate surface area is 221 Å². The van der Waals surface area contributed by atoms with Gasteiger partial charge in [0.1, 0.15) is 24.1 Å². The molecule has 8 heteroatoms. The molecule has 2 bridgehead atoms. The highest BCUT2D eigenvalue weighted by atomic mass is 19.1. The Bertz CT molecular complexity index is 1340. The van der Waals surface area contributed by atoms with Gasteiger partial charge < -0.3 is 14.8 Å². The third kappa shape index (κ3) is 5.02. The van der Waals surface area contributed by atoms with Crippen LogP contribution in [0.5, 0.6) is 0 Å². The number of nitrogens with one attached hydrogen (secondary N) is 1. The summed E-state index contributed by atoms with van der Waals surface area (Å²) in [5.74, 6) is -2.48. The summed E-state index contributed by atoms with van der Waals surface area (Å²) in [6, 6.07) is 11.1. The van der Waals surface area contributed by atoms with E-state index in [-0.39, 0.29) is 42.3 Å². The number of hydrogen-bond donors (Lipinski definition) is 1. The lowest BCUT2D eigenvalue weighted by Crippen LogP contribution is -2.46. The van der Waals surface area contributed by atoms with Crippen LogP contribution in [0.4, 0.5) is 4.39 Å². The lowest BCUT2D eigenvalue weighted by atomic mass is 9.78. The Kier molecular flexibility index (Phi) is 6.72. The Hall–Kier alpha value is -3.73. The average Bonchev–Trinajstić information content (AvgIpc) is 3.58. The van der Waals surface area contributed by atoms with Gasteiger partial charge in [-0.2, -0.15) is 5.26 Å². The second-order valence-electron chi connectivity index (χ2n) is 11.6. The van der Waals surface area contributed by atoms with Crippen molar-refractivity contribution in [1.82, 2.24) is 5.32 Å². The zero-order valence-corrected chi connectivity index (χ0v) is 21.8. The molecule has 2 fully saturated rings. The summed E-state index contributed by atoms with van der Waals surface area (Å²) in [6.07, 6.45) is 2.55. The molecule has 38 heavy (non-hydrogen) atoms. The highest BCUT2D eigenvalue weighted by molar-refractivity contribution is 5.95. The summed E-state index contributed by atoms with van der Waals surface area (Å²) in [4.78, 5) is 38.1. The molecular weight excluding hydrogens is 487 g/mol. The van der Waals surface area contributed by atoms with E-state index < -0.39 is 35.3 Å². The van der Waals surface area contributed by atoms with Gasteiger partial charge in [-0.25, -0.2) is 9.18 Å². The molecule has 2 aromatic carbocycles. The van der Waals surface area contributed by atoms with Gasteiger partial charge in [-0.05, 0) is 80.7 Å². The average molecular weight is 519 g/mol. The van der Waals surface area contributed by atoms with Crippen molar-refractivity contribution in [3.8, 4) is 17.2 Å². The number of fused-ring (bicyclic) bond motifs is 3. The first-order valence-corrected chi connectivity index (χ1v) is 13.1. The van der Waals surface area contributed by atoms with Crippen LogP contribution in [-0.2, 0) is 32.1 Å². The Balaban J connectivity index is 1.28. The fourth-order valence-corrected chi connectivity index (χ4v) is 6.18. The predicted octanol–water partition coefficient (Wildman–Crippen LogP) is 4.72. The minimum absolute atomic E-state index is 0.0111. The van der Waals surface area contributed by atoms with Crippen molar-refractivity contribution in [2.75, 3.05) is 0 Å². The molecule has 7 nitrogen and oxygen atoms in total. The van der Waals surface area contributed by atoms with Crippen LogP contribution in [0.1, 0.15) is 61.5 Å². The summed E-state index contributed by atoms with van der Waals surface area (Å²) in [7, 11) is 0. The molecule has 198 valence electrons. The van der Waals surface area contributed by atoms with E-state index >= 15 is 4.39 Å². The molecule has 3 aliphatic rings. The Morgan fingerprint density at radius 2 is 1.82 bits per heavy atom. The standard InChI is InChI=1S/C30H31FN2O5/c1-30(2,3)38-29(36)26-20-8-7-19(10-20)25(26)27(34)33-22(14-32)11-18-6-4-17(13-24(18)31)16-5-9-21-15-37-28(35)23(21)12-16/h4-6,9,12-13,19-20,22,25-26H,7-8,10-11,15H2,1-3H3,(H,33,34)/t19-,20+,22-,25+,26?/m0/s1. The lowest BCUT2D eigenvalue weighted by molar-refractivity contribution is -0.166. The maximum Gasteiger partial charge on any atom is 0.338 e. The van der Waals surface area contributed by atoms with Crippen molar-refractivity contribution < 1.29 is 28.2 Å². The van der Waals surface area contributed by atoms with Gasteiger partial charge in [0.15, 0.2) is 0 Å². The van der Waals surface area contributed by atoms with E-state index in [0.717, 1.165) is 24.8 Å². The first kappa shape index (κ1) is 25.9. The molecule has 2 saturated carbocycles. The number of ether oxygens (including phenoxy) is 2. The van der Waals surface area contributed by atoms with Gasteiger partial charge in [0.25, 0.3) is 0 Å². The van der Waals surface area contributed by atoms with Crippen LogP contribution >= 0.6 is 0 Å². The molecule has 2 aliphatic carbocycles. The molecule has 1 aliphatic heterocycles. The van der Waals surface area contributed by atoms with Gasteiger partial charge in [0, 0.05) is 12.0 Å². The van der Waals surface area contributed by atoms with Crippen molar-refractivity contribution in [2.45, 2.75) is 64.7 Å². The fraction of sp³-hybridized carbons (Fsp3) is 0.467. The summed E-state index contributed by atoms with van der Waals surface area (Å²) >= 11 is 0. The quantitative estimate of drug-likeness (QED) is 0.555. The summed E-state index contributed by atoms with van der Waals surface area (Å²) < 4.78 is 25.7. The number of rotatable bonds is 6. The number of esters is 2. The van der Waals surface area contributed by atoms with Gasteiger partial charge in [-0.1, -0.05) is 24.3 Å². The number of hydrogen-bond acceptors (Lipinski definition) is 6. The molecule has 5 atom stereocenters. The van der Waals surface area contributed by atoms with E-state index in [1.54, 1.807) is 45.0 Å². The van der Waals surface area contributed by atoms with Gasteiger partial charge in [0.05, 0.1) is 23.5 Å². The summed E-state index contributed by atoms with van der Waals surface area (Å²) in [6.45, 7) is 5.65. The van der Waals surface area contributed by atoms with Crippen LogP contribution in [0.3, 0.4) is 0 Å². The van der Waals surface area contributed by atoms with Gasteiger partial charge in [0.2, 0.25) is 5.91 Å². The Morgan fingerprint density at radius 3 is 2.50 bits per heavy atom. The minimum Gasteiger partial charge on any atom is -0.460 e. The van der Waals surface area contributed by atoms with E-state index in [2.05, 4.69) is 11.4 Å². The molecule has 1 N–H and O–H groups in total. The van der Waals surface area contributed by atoms with Crippen molar-refractivity contribution in [3.63, 3.8) is 0 Å². The largest absolute Gasteiger partial charge is 0.460 e. The maximum absolute atomic E-state index is 15.1. The second kappa shape index (κ2) is 9.86. The molecule has 0 aromatic heterocycles. The van der Waals surface area contributed by atoms with Crippen LogP contribution in [0.2, 0.25) is 0 Å². The highest BCUT2D eigenvalue weighted by Crippen LogP contribution is 2.53. The number of nitrogens with zero attached hydrogens (tertiary/aromatic N) is 1. The monoisotopic (exact) mass is 518 g/mol. The zero-order chi connectivity index (χ0) is 27.2. The Morgan fingerprint density at radius 1 is 1.13 bits per heavy atom. The first-order valence-electron chi connectivity index (χ1n) is 13.1. The lowest BCUT2D eigenvalue weighted by Gasteiger charge is -2.31. The van der Waals surface area contributed by atoms with E-state index in [1.807, 2.05) is 6.07 Å². The number of nitriles is 1. The topological polar surface area (TPSA) is 105 Å². The van der Waals surface area contributed by atoms with E-state index in [4.69, 9.17) is 9.47 Å². The number of benzene rings is 2. The molecule has 1 amide bonds. The van der Waals surface area contributed by atoms with Crippen LogP contribution in [0.25, 0.3) is 11.1 Å². The predicted molar refractivity (Wildman–Crippen MR) is 136 cm³/mol. The number of amides is 1. The second-order valence-corrected chi connectivity index (χ2v) is 11.6. The van der Waals surface area contributed by atoms with E-state index in [0.29, 0.717) is 16.7 Å². The van der Waals surface area contributed by atoms with Crippen LogP contribution in [0.15, 0.2) is 36.4 Å².